The molecule has 1 aromatic rings. The third-order valence-electron chi connectivity index (χ3n) is 3.96. The number of nitrogens with zero attached hydrogens (tertiary/aromatic N) is 1. The zero-order chi connectivity index (χ0) is 14.5. The molecule has 0 unspecified atom stereocenters. The highest BCUT2D eigenvalue weighted by molar-refractivity contribution is 9.10. The van der Waals surface area contributed by atoms with Crippen LogP contribution in [-0.2, 0) is 0 Å². The number of rotatable bonds is 4. The number of benzene rings is 1. The van der Waals surface area contributed by atoms with E-state index in [1.807, 2.05) is 30.0 Å². The molecule has 4 heteroatoms. The lowest BCUT2D eigenvalue weighted by Crippen LogP contribution is -2.39. The summed E-state index contributed by atoms with van der Waals surface area (Å²) in [5.41, 5.74) is 1.93. The van der Waals surface area contributed by atoms with Gasteiger partial charge in [0.05, 0.1) is 5.56 Å². The summed E-state index contributed by atoms with van der Waals surface area (Å²) in [6.45, 7) is 7.88. The van der Waals surface area contributed by atoms with Crippen LogP contribution in [0, 0.1) is 12.8 Å². The van der Waals surface area contributed by atoms with Crippen LogP contribution in [0.1, 0.15) is 35.7 Å². The van der Waals surface area contributed by atoms with Crippen molar-refractivity contribution >= 4 is 21.8 Å². The maximum atomic E-state index is 12.7. The van der Waals surface area contributed by atoms with Crippen molar-refractivity contribution in [1.29, 1.82) is 0 Å². The fourth-order valence-electron chi connectivity index (χ4n) is 2.70. The zero-order valence-electron chi connectivity index (χ0n) is 12.3. The molecule has 1 N–H and O–H groups in total. The molecule has 1 amide bonds. The highest BCUT2D eigenvalue weighted by atomic mass is 79.9. The van der Waals surface area contributed by atoms with Crippen molar-refractivity contribution in [2.24, 2.45) is 5.92 Å². The summed E-state index contributed by atoms with van der Waals surface area (Å²) in [4.78, 5) is 14.6. The van der Waals surface area contributed by atoms with Gasteiger partial charge in [0.15, 0.2) is 0 Å². The lowest BCUT2D eigenvalue weighted by molar-refractivity contribution is 0.0726. The van der Waals surface area contributed by atoms with Crippen molar-refractivity contribution in [2.75, 3.05) is 26.2 Å². The Morgan fingerprint density at radius 2 is 2.10 bits per heavy atom. The van der Waals surface area contributed by atoms with E-state index >= 15 is 0 Å². The van der Waals surface area contributed by atoms with Gasteiger partial charge in [0.2, 0.25) is 0 Å². The quantitative estimate of drug-likeness (QED) is 0.914. The minimum atomic E-state index is 0.137. The largest absolute Gasteiger partial charge is 0.339 e. The number of nitrogens with one attached hydrogen (secondary N) is 1. The highest BCUT2D eigenvalue weighted by Gasteiger charge is 2.21. The Morgan fingerprint density at radius 3 is 2.70 bits per heavy atom. The minimum absolute atomic E-state index is 0.137. The van der Waals surface area contributed by atoms with E-state index in [1.54, 1.807) is 0 Å². The number of carbonyl (C=O) groups is 1. The van der Waals surface area contributed by atoms with Gasteiger partial charge in [0, 0.05) is 17.6 Å². The Kier molecular flexibility index (Phi) is 5.61. The number of aryl methyl sites for hydroxylation is 1. The number of hydrogen-bond donors (Lipinski definition) is 1. The summed E-state index contributed by atoms with van der Waals surface area (Å²) in [5.74, 6) is 0.766. The summed E-state index contributed by atoms with van der Waals surface area (Å²) in [7, 11) is 0. The van der Waals surface area contributed by atoms with Gasteiger partial charge in [0.1, 0.15) is 0 Å². The molecule has 3 nitrogen and oxygen atoms in total. The Labute approximate surface area is 129 Å². The van der Waals surface area contributed by atoms with Crippen LogP contribution in [0.3, 0.4) is 0 Å². The Balaban J connectivity index is 2.07. The normalized spacial score (nSPS) is 16.1. The van der Waals surface area contributed by atoms with E-state index in [4.69, 9.17) is 0 Å². The maximum absolute atomic E-state index is 12.7. The third-order valence-corrected chi connectivity index (χ3v) is 4.62. The standard InChI is InChI=1S/C16H23BrN2O/c1-3-19(11-13-6-8-18-9-7-13)16(20)14-5-4-12(2)10-15(14)17/h4-5,10,13,18H,3,6-9,11H2,1-2H3. The summed E-state index contributed by atoms with van der Waals surface area (Å²) in [5, 5.41) is 3.37. The molecule has 1 aromatic carbocycles. The van der Waals surface area contributed by atoms with Gasteiger partial charge >= 0.3 is 0 Å². The molecule has 110 valence electrons. The monoisotopic (exact) mass is 338 g/mol. The van der Waals surface area contributed by atoms with Gasteiger partial charge < -0.3 is 10.2 Å². The molecule has 1 aliphatic heterocycles. The second-order valence-corrected chi connectivity index (χ2v) is 6.37. The lowest BCUT2D eigenvalue weighted by atomic mass is 9.97. The average molecular weight is 339 g/mol. The summed E-state index contributed by atoms with van der Waals surface area (Å²) < 4.78 is 0.895. The van der Waals surface area contributed by atoms with Gasteiger partial charge in [0.25, 0.3) is 5.91 Å². The predicted molar refractivity (Wildman–Crippen MR) is 86.1 cm³/mol. The molecular formula is C16H23BrN2O. The van der Waals surface area contributed by atoms with E-state index in [0.29, 0.717) is 5.92 Å². The molecule has 0 atom stereocenters. The van der Waals surface area contributed by atoms with E-state index < -0.39 is 0 Å². The zero-order valence-corrected chi connectivity index (χ0v) is 13.9. The van der Waals surface area contributed by atoms with Gasteiger partial charge in [-0.2, -0.15) is 0 Å². The molecule has 1 heterocycles. The molecule has 1 saturated heterocycles. The van der Waals surface area contributed by atoms with Crippen LogP contribution in [0.5, 0.6) is 0 Å². The molecule has 0 spiro atoms. The van der Waals surface area contributed by atoms with E-state index in [1.165, 1.54) is 12.8 Å². The summed E-state index contributed by atoms with van der Waals surface area (Å²) >= 11 is 3.51. The van der Waals surface area contributed by atoms with E-state index in [9.17, 15) is 4.79 Å². The molecule has 1 aliphatic rings. The second kappa shape index (κ2) is 7.23. The number of piperidine rings is 1. The highest BCUT2D eigenvalue weighted by Crippen LogP contribution is 2.21. The number of hydrogen-bond acceptors (Lipinski definition) is 2. The second-order valence-electron chi connectivity index (χ2n) is 5.52. The molecule has 0 aromatic heterocycles. The van der Waals surface area contributed by atoms with Crippen LogP contribution in [0.2, 0.25) is 0 Å². The number of amides is 1. The number of carbonyl (C=O) groups excluding carboxylic acids is 1. The lowest BCUT2D eigenvalue weighted by Gasteiger charge is -2.29. The molecular weight excluding hydrogens is 316 g/mol. The molecule has 0 radical (unpaired) electrons. The van der Waals surface area contributed by atoms with Crippen molar-refractivity contribution in [3.05, 3.63) is 33.8 Å². The van der Waals surface area contributed by atoms with Crippen molar-refractivity contribution in [3.8, 4) is 0 Å². The Hall–Kier alpha value is -0.870. The molecule has 0 saturated carbocycles. The minimum Gasteiger partial charge on any atom is -0.339 e. The Bertz CT molecular complexity index is 470. The SMILES string of the molecule is CCN(CC1CCNCC1)C(=O)c1ccc(C)cc1Br. The smallest absolute Gasteiger partial charge is 0.254 e. The molecule has 0 bridgehead atoms. The van der Waals surface area contributed by atoms with Crippen molar-refractivity contribution in [1.82, 2.24) is 10.2 Å². The first kappa shape index (κ1) is 15.5. The third kappa shape index (κ3) is 3.83. The van der Waals surface area contributed by atoms with Gasteiger partial charge in [-0.05, 0) is 79.3 Å². The van der Waals surface area contributed by atoms with Gasteiger partial charge in [-0.15, -0.1) is 0 Å². The number of halogens is 1. The first-order chi connectivity index (χ1) is 9.61. The molecule has 2 rings (SSSR count). The topological polar surface area (TPSA) is 32.3 Å². The maximum Gasteiger partial charge on any atom is 0.254 e. The summed E-state index contributed by atoms with van der Waals surface area (Å²) in [6.07, 6.45) is 2.33. The van der Waals surface area contributed by atoms with Crippen LogP contribution >= 0.6 is 15.9 Å². The van der Waals surface area contributed by atoms with Gasteiger partial charge in [-0.25, -0.2) is 0 Å². The predicted octanol–water partition coefficient (Wildman–Crippen LogP) is 3.22. The van der Waals surface area contributed by atoms with Crippen LogP contribution in [0.25, 0.3) is 0 Å². The molecule has 0 aliphatic carbocycles. The van der Waals surface area contributed by atoms with Crippen LogP contribution in [0.15, 0.2) is 22.7 Å². The van der Waals surface area contributed by atoms with Gasteiger partial charge in [-0.1, -0.05) is 6.07 Å². The van der Waals surface area contributed by atoms with Crippen molar-refractivity contribution in [2.45, 2.75) is 26.7 Å². The fraction of sp³-hybridized carbons (Fsp3) is 0.562. The van der Waals surface area contributed by atoms with E-state index in [-0.39, 0.29) is 5.91 Å². The molecule has 20 heavy (non-hydrogen) atoms. The Morgan fingerprint density at radius 1 is 1.40 bits per heavy atom. The van der Waals surface area contributed by atoms with Gasteiger partial charge in [-0.3, -0.25) is 4.79 Å². The summed E-state index contributed by atoms with van der Waals surface area (Å²) in [6, 6.07) is 5.93. The van der Waals surface area contributed by atoms with Crippen LogP contribution < -0.4 is 5.32 Å². The van der Waals surface area contributed by atoms with Crippen molar-refractivity contribution in [3.63, 3.8) is 0 Å². The molecule has 1 fully saturated rings. The van der Waals surface area contributed by atoms with E-state index in [0.717, 1.165) is 41.8 Å². The first-order valence-electron chi connectivity index (χ1n) is 7.38. The average Bonchev–Trinajstić information content (AvgIpc) is 2.45. The fourth-order valence-corrected chi connectivity index (χ4v) is 3.36. The van der Waals surface area contributed by atoms with Crippen molar-refractivity contribution < 1.29 is 4.79 Å². The van der Waals surface area contributed by atoms with Crippen LogP contribution in [0.4, 0.5) is 0 Å². The van der Waals surface area contributed by atoms with Crippen LogP contribution in [-0.4, -0.2) is 37.0 Å². The first-order valence-corrected chi connectivity index (χ1v) is 8.17. The van der Waals surface area contributed by atoms with E-state index in [2.05, 4.69) is 28.2 Å².